The molecular weight excluding hydrogens is 420 g/mol. The van der Waals surface area contributed by atoms with E-state index in [2.05, 4.69) is 15.4 Å². The van der Waals surface area contributed by atoms with E-state index in [4.69, 9.17) is 9.47 Å². The Bertz CT molecular complexity index is 1130. The summed E-state index contributed by atoms with van der Waals surface area (Å²) in [5, 5.41) is 7.40. The first kappa shape index (κ1) is 20.4. The van der Waals surface area contributed by atoms with Gasteiger partial charge in [-0.1, -0.05) is 6.07 Å². The molecule has 2 amide bonds. The van der Waals surface area contributed by atoms with Gasteiger partial charge in [0.1, 0.15) is 13.2 Å². The number of thiophene rings is 1. The van der Waals surface area contributed by atoms with Crippen LogP contribution in [-0.2, 0) is 4.74 Å². The molecule has 0 saturated heterocycles. The molecule has 2 aromatic carbocycles. The van der Waals surface area contributed by atoms with Crippen molar-refractivity contribution in [2.75, 3.05) is 31.0 Å². The molecule has 3 aromatic rings. The molecule has 31 heavy (non-hydrogen) atoms. The summed E-state index contributed by atoms with van der Waals surface area (Å²) >= 11 is 1.31. The summed E-state index contributed by atoms with van der Waals surface area (Å²) in [5.74, 6) is -0.258. The van der Waals surface area contributed by atoms with E-state index in [1.807, 2.05) is 0 Å². The number of hydrogen-bond acceptors (Lipinski definition) is 7. The van der Waals surface area contributed by atoms with Crippen LogP contribution in [0.25, 0.3) is 0 Å². The van der Waals surface area contributed by atoms with Crippen molar-refractivity contribution in [2.45, 2.75) is 0 Å². The van der Waals surface area contributed by atoms with Crippen LogP contribution in [0.4, 0.5) is 11.4 Å². The Morgan fingerprint density at radius 1 is 0.871 bits per heavy atom. The molecule has 158 valence electrons. The Hall–Kier alpha value is -3.85. The van der Waals surface area contributed by atoms with Gasteiger partial charge in [0, 0.05) is 17.7 Å². The van der Waals surface area contributed by atoms with Gasteiger partial charge in [-0.25, -0.2) is 4.79 Å². The lowest BCUT2D eigenvalue weighted by atomic mass is 10.1. The fourth-order valence-corrected chi connectivity index (χ4v) is 3.58. The van der Waals surface area contributed by atoms with Crippen LogP contribution in [0.3, 0.4) is 0 Å². The number of ether oxygens (including phenoxy) is 3. The molecule has 2 N–H and O–H groups in total. The minimum Gasteiger partial charge on any atom is -0.486 e. The van der Waals surface area contributed by atoms with Crippen molar-refractivity contribution in [3.05, 3.63) is 69.9 Å². The predicted octanol–water partition coefficient (Wildman–Crippen LogP) is 3.81. The van der Waals surface area contributed by atoms with Gasteiger partial charge in [-0.05, 0) is 35.7 Å². The van der Waals surface area contributed by atoms with Crippen LogP contribution in [0.2, 0.25) is 0 Å². The topological polar surface area (TPSA) is 103 Å². The van der Waals surface area contributed by atoms with Crippen molar-refractivity contribution < 1.29 is 28.6 Å². The van der Waals surface area contributed by atoms with E-state index in [1.165, 1.54) is 42.7 Å². The highest BCUT2D eigenvalue weighted by atomic mass is 32.1. The second kappa shape index (κ2) is 8.88. The number of hydrogen-bond donors (Lipinski definition) is 2. The first-order valence-electron chi connectivity index (χ1n) is 9.33. The smallest absolute Gasteiger partial charge is 0.337 e. The average molecular weight is 438 g/mol. The molecule has 0 fully saturated rings. The molecular formula is C22H18N2O6S. The molecule has 8 nitrogen and oxygen atoms in total. The third-order valence-electron chi connectivity index (χ3n) is 4.49. The molecule has 4 rings (SSSR count). The van der Waals surface area contributed by atoms with Crippen LogP contribution in [-0.4, -0.2) is 38.1 Å². The van der Waals surface area contributed by atoms with Crippen molar-refractivity contribution in [1.82, 2.24) is 0 Å². The first-order chi connectivity index (χ1) is 15.0. The van der Waals surface area contributed by atoms with Gasteiger partial charge in [0.2, 0.25) is 0 Å². The number of benzene rings is 2. The lowest BCUT2D eigenvalue weighted by Gasteiger charge is -2.21. The van der Waals surface area contributed by atoms with E-state index in [0.717, 1.165) is 0 Å². The minimum atomic E-state index is -0.489. The number of nitrogens with one attached hydrogen (secondary N) is 2. The maximum atomic E-state index is 12.8. The number of rotatable bonds is 5. The lowest BCUT2D eigenvalue weighted by molar-refractivity contribution is 0.0600. The molecule has 0 atom stereocenters. The average Bonchev–Trinajstić information content (AvgIpc) is 3.34. The second-order valence-electron chi connectivity index (χ2n) is 6.50. The molecule has 1 aliphatic heterocycles. The number of carbonyl (C=O) groups excluding carboxylic acids is 3. The highest BCUT2D eigenvalue weighted by molar-refractivity contribution is 7.12. The lowest BCUT2D eigenvalue weighted by Crippen LogP contribution is -2.19. The van der Waals surface area contributed by atoms with E-state index in [9.17, 15) is 14.4 Å². The van der Waals surface area contributed by atoms with Crippen LogP contribution in [0.1, 0.15) is 30.4 Å². The molecule has 9 heteroatoms. The van der Waals surface area contributed by atoms with Crippen molar-refractivity contribution >= 4 is 40.5 Å². The second-order valence-corrected chi connectivity index (χ2v) is 7.44. The van der Waals surface area contributed by atoms with Crippen molar-refractivity contribution in [2.24, 2.45) is 0 Å². The molecule has 1 aromatic heterocycles. The highest BCUT2D eigenvalue weighted by Gasteiger charge is 2.20. The number of amides is 2. The Morgan fingerprint density at radius 2 is 1.45 bits per heavy atom. The van der Waals surface area contributed by atoms with Crippen LogP contribution in [0.5, 0.6) is 11.5 Å². The monoisotopic (exact) mass is 438 g/mol. The Kier molecular flexibility index (Phi) is 5.85. The van der Waals surface area contributed by atoms with Gasteiger partial charge < -0.3 is 24.8 Å². The summed E-state index contributed by atoms with van der Waals surface area (Å²) in [7, 11) is 1.29. The van der Waals surface area contributed by atoms with Gasteiger partial charge in [-0.3, -0.25) is 9.59 Å². The molecule has 2 heterocycles. The zero-order valence-corrected chi connectivity index (χ0v) is 17.3. The van der Waals surface area contributed by atoms with Crippen LogP contribution >= 0.6 is 11.3 Å². The zero-order chi connectivity index (χ0) is 21.8. The first-order valence-corrected chi connectivity index (χ1v) is 10.2. The van der Waals surface area contributed by atoms with E-state index in [-0.39, 0.29) is 5.91 Å². The van der Waals surface area contributed by atoms with E-state index in [0.29, 0.717) is 52.1 Å². The normalized spacial score (nSPS) is 12.0. The van der Waals surface area contributed by atoms with Crippen LogP contribution < -0.4 is 20.1 Å². The fraction of sp³-hybridized carbons (Fsp3) is 0.136. The summed E-state index contributed by atoms with van der Waals surface area (Å²) in [5.41, 5.74) is 1.40. The molecule has 0 radical (unpaired) electrons. The minimum absolute atomic E-state index is 0.301. The molecule has 0 bridgehead atoms. The van der Waals surface area contributed by atoms with E-state index in [1.54, 1.807) is 29.6 Å². The molecule has 0 saturated carbocycles. The third-order valence-corrected chi connectivity index (χ3v) is 5.36. The molecule has 0 unspecified atom stereocenters. The van der Waals surface area contributed by atoms with Crippen LogP contribution in [0.15, 0.2) is 53.9 Å². The number of fused-ring (bicyclic) bond motifs is 1. The van der Waals surface area contributed by atoms with Gasteiger partial charge in [-0.2, -0.15) is 0 Å². The zero-order valence-electron chi connectivity index (χ0n) is 16.5. The van der Waals surface area contributed by atoms with Crippen molar-refractivity contribution in [3.63, 3.8) is 0 Å². The predicted molar refractivity (Wildman–Crippen MR) is 115 cm³/mol. The number of anilines is 2. The van der Waals surface area contributed by atoms with Gasteiger partial charge >= 0.3 is 5.97 Å². The maximum Gasteiger partial charge on any atom is 0.337 e. The van der Waals surface area contributed by atoms with E-state index >= 15 is 0 Å². The summed E-state index contributed by atoms with van der Waals surface area (Å²) < 4.78 is 15.9. The molecule has 0 aliphatic carbocycles. The van der Waals surface area contributed by atoms with Crippen LogP contribution in [0, 0.1) is 0 Å². The standard InChI is InChI=1S/C22H18N2O6S/c1-28-22(27)14-6-4-13(5-7-14)20(25)23-15-11-17-18(30-9-8-29-17)12-16(15)24-21(26)19-3-2-10-31-19/h2-7,10-12H,8-9H2,1H3,(H,23,25)(H,24,26). The maximum absolute atomic E-state index is 12.8. The Labute approximate surface area is 181 Å². The molecule has 1 aliphatic rings. The summed E-state index contributed by atoms with van der Waals surface area (Å²) in [6, 6.07) is 12.8. The largest absolute Gasteiger partial charge is 0.486 e. The summed E-state index contributed by atoms with van der Waals surface area (Å²) in [4.78, 5) is 37.5. The van der Waals surface area contributed by atoms with Gasteiger partial charge in [0.25, 0.3) is 11.8 Å². The van der Waals surface area contributed by atoms with Crippen molar-refractivity contribution in [3.8, 4) is 11.5 Å². The Balaban J connectivity index is 1.60. The number of esters is 1. The summed E-state index contributed by atoms with van der Waals surface area (Å²) in [6.45, 7) is 0.778. The summed E-state index contributed by atoms with van der Waals surface area (Å²) in [6.07, 6.45) is 0. The van der Waals surface area contributed by atoms with Gasteiger partial charge in [0.05, 0.1) is 28.9 Å². The SMILES string of the molecule is COC(=O)c1ccc(C(=O)Nc2cc3c(cc2NC(=O)c2cccs2)OCCO3)cc1. The van der Waals surface area contributed by atoms with Gasteiger partial charge in [0.15, 0.2) is 11.5 Å². The highest BCUT2D eigenvalue weighted by Crippen LogP contribution is 2.39. The number of carbonyl (C=O) groups is 3. The third kappa shape index (κ3) is 4.51. The number of methoxy groups -OCH3 is 1. The van der Waals surface area contributed by atoms with Gasteiger partial charge in [-0.15, -0.1) is 11.3 Å². The quantitative estimate of drug-likeness (QED) is 0.587. The van der Waals surface area contributed by atoms with Crippen molar-refractivity contribution in [1.29, 1.82) is 0 Å². The Morgan fingerprint density at radius 3 is 2.00 bits per heavy atom. The molecule has 0 spiro atoms. The fourth-order valence-electron chi connectivity index (χ4n) is 2.96. The van der Waals surface area contributed by atoms with E-state index < -0.39 is 11.9 Å².